The highest BCUT2D eigenvalue weighted by Crippen LogP contribution is 2.42. The molecule has 3 atom stereocenters. The predicted molar refractivity (Wildman–Crippen MR) is 76.8 cm³/mol. The van der Waals surface area contributed by atoms with Crippen LogP contribution in [0.1, 0.15) is 37.9 Å². The molecule has 108 valence electrons. The van der Waals surface area contributed by atoms with Gasteiger partial charge in [0.15, 0.2) is 0 Å². The highest BCUT2D eigenvalue weighted by Gasteiger charge is 2.38. The summed E-state index contributed by atoms with van der Waals surface area (Å²) in [6.45, 7) is 3.48. The standard InChI is InChI=1S/C15H20N2O3/c1-10(18)11-5-6-14(15(7-11)17(19)20)16-8-12-3-2-4-13(12)9-16/h5-7,10,12-13,18H,2-4,8-9H2,1H3/t10-,12?,13?/m0/s1. The van der Waals surface area contributed by atoms with Crippen molar-refractivity contribution in [2.45, 2.75) is 32.3 Å². The normalized spacial score (nSPS) is 26.6. The third kappa shape index (κ3) is 2.26. The molecule has 1 N–H and O–H groups in total. The van der Waals surface area contributed by atoms with Gasteiger partial charge in [-0.05, 0) is 43.2 Å². The van der Waals surface area contributed by atoms with Gasteiger partial charge in [-0.3, -0.25) is 10.1 Å². The second-order valence-electron chi connectivity index (χ2n) is 6.04. The van der Waals surface area contributed by atoms with Crippen molar-refractivity contribution < 1.29 is 10.0 Å². The second-order valence-corrected chi connectivity index (χ2v) is 6.04. The van der Waals surface area contributed by atoms with Crippen LogP contribution < -0.4 is 4.90 Å². The lowest BCUT2D eigenvalue weighted by atomic mass is 10.0. The molecule has 2 aliphatic rings. The van der Waals surface area contributed by atoms with Crippen molar-refractivity contribution in [3.8, 4) is 0 Å². The number of aliphatic hydroxyl groups excluding tert-OH is 1. The van der Waals surface area contributed by atoms with Crippen LogP contribution in [-0.4, -0.2) is 23.1 Å². The lowest BCUT2D eigenvalue weighted by molar-refractivity contribution is -0.384. The van der Waals surface area contributed by atoms with Crippen LogP contribution in [0.2, 0.25) is 0 Å². The number of nitrogens with zero attached hydrogens (tertiary/aromatic N) is 2. The van der Waals surface area contributed by atoms with E-state index >= 15 is 0 Å². The lowest BCUT2D eigenvalue weighted by Crippen LogP contribution is -2.21. The number of nitro benzene ring substituents is 1. The van der Waals surface area contributed by atoms with Crippen LogP contribution in [0, 0.1) is 22.0 Å². The van der Waals surface area contributed by atoms with E-state index in [4.69, 9.17) is 0 Å². The van der Waals surface area contributed by atoms with Gasteiger partial charge in [0.25, 0.3) is 5.69 Å². The first kappa shape index (κ1) is 13.4. The first-order valence-electron chi connectivity index (χ1n) is 7.27. The Labute approximate surface area is 118 Å². The summed E-state index contributed by atoms with van der Waals surface area (Å²) >= 11 is 0. The number of aliphatic hydroxyl groups is 1. The van der Waals surface area contributed by atoms with Crippen molar-refractivity contribution in [1.29, 1.82) is 0 Å². The second kappa shape index (κ2) is 5.05. The molecule has 0 amide bonds. The van der Waals surface area contributed by atoms with E-state index < -0.39 is 6.10 Å². The van der Waals surface area contributed by atoms with Gasteiger partial charge in [0, 0.05) is 19.2 Å². The molecule has 5 nitrogen and oxygen atoms in total. The maximum absolute atomic E-state index is 11.3. The third-order valence-corrected chi connectivity index (χ3v) is 4.75. The van der Waals surface area contributed by atoms with Crippen LogP contribution in [0.3, 0.4) is 0 Å². The molecule has 1 heterocycles. The zero-order valence-corrected chi connectivity index (χ0v) is 11.7. The molecule has 0 radical (unpaired) electrons. The van der Waals surface area contributed by atoms with E-state index in [2.05, 4.69) is 4.90 Å². The van der Waals surface area contributed by atoms with Crippen molar-refractivity contribution in [3.63, 3.8) is 0 Å². The number of fused-ring (bicyclic) bond motifs is 1. The molecule has 2 unspecified atom stereocenters. The van der Waals surface area contributed by atoms with Gasteiger partial charge in [0.2, 0.25) is 0 Å². The Kier molecular flexibility index (Phi) is 3.38. The van der Waals surface area contributed by atoms with Gasteiger partial charge in [-0.1, -0.05) is 12.5 Å². The molecular weight excluding hydrogens is 256 g/mol. The topological polar surface area (TPSA) is 66.6 Å². The van der Waals surface area contributed by atoms with Gasteiger partial charge in [0.05, 0.1) is 11.0 Å². The minimum atomic E-state index is -0.680. The van der Waals surface area contributed by atoms with Crippen LogP contribution in [0.25, 0.3) is 0 Å². The molecule has 1 aromatic carbocycles. The van der Waals surface area contributed by atoms with Gasteiger partial charge in [-0.25, -0.2) is 0 Å². The van der Waals surface area contributed by atoms with Crippen molar-refractivity contribution in [1.82, 2.24) is 0 Å². The van der Waals surface area contributed by atoms with Crippen molar-refractivity contribution in [2.24, 2.45) is 11.8 Å². The summed E-state index contributed by atoms with van der Waals surface area (Å²) in [6.07, 6.45) is 3.12. The average molecular weight is 276 g/mol. The number of rotatable bonds is 3. The van der Waals surface area contributed by atoms with Gasteiger partial charge >= 0.3 is 0 Å². The molecule has 1 saturated heterocycles. The van der Waals surface area contributed by atoms with Crippen LogP contribution in [0.5, 0.6) is 0 Å². The summed E-state index contributed by atoms with van der Waals surface area (Å²) in [5.41, 5.74) is 1.41. The van der Waals surface area contributed by atoms with E-state index in [-0.39, 0.29) is 10.6 Å². The van der Waals surface area contributed by atoms with Gasteiger partial charge in [0.1, 0.15) is 5.69 Å². The Morgan fingerprint density at radius 2 is 2.00 bits per heavy atom. The Morgan fingerprint density at radius 3 is 2.55 bits per heavy atom. The lowest BCUT2D eigenvalue weighted by Gasteiger charge is -2.20. The molecule has 1 saturated carbocycles. The SMILES string of the molecule is C[C@H](O)c1ccc(N2CC3CCCC3C2)c([N+](=O)[O-])c1. The molecule has 0 aromatic heterocycles. The van der Waals surface area contributed by atoms with Crippen molar-refractivity contribution in [3.05, 3.63) is 33.9 Å². The third-order valence-electron chi connectivity index (χ3n) is 4.75. The van der Waals surface area contributed by atoms with E-state index in [1.807, 2.05) is 0 Å². The number of hydrogen-bond acceptors (Lipinski definition) is 4. The minimum Gasteiger partial charge on any atom is -0.389 e. The van der Waals surface area contributed by atoms with Gasteiger partial charge < -0.3 is 10.0 Å². The molecule has 3 rings (SSSR count). The fourth-order valence-electron chi connectivity index (χ4n) is 3.65. The Morgan fingerprint density at radius 1 is 1.35 bits per heavy atom. The molecular formula is C15H20N2O3. The Balaban J connectivity index is 1.91. The van der Waals surface area contributed by atoms with E-state index in [0.717, 1.165) is 13.1 Å². The summed E-state index contributed by atoms with van der Waals surface area (Å²) < 4.78 is 0. The van der Waals surface area contributed by atoms with Gasteiger partial charge in [-0.2, -0.15) is 0 Å². The van der Waals surface area contributed by atoms with Crippen LogP contribution in [-0.2, 0) is 0 Å². The van der Waals surface area contributed by atoms with Crippen molar-refractivity contribution >= 4 is 11.4 Å². The number of benzene rings is 1. The van der Waals surface area contributed by atoms with E-state index in [0.29, 0.717) is 23.1 Å². The quantitative estimate of drug-likeness (QED) is 0.681. The van der Waals surface area contributed by atoms with Crippen LogP contribution in [0.4, 0.5) is 11.4 Å². The van der Waals surface area contributed by atoms with Crippen LogP contribution >= 0.6 is 0 Å². The van der Waals surface area contributed by atoms with Gasteiger partial charge in [-0.15, -0.1) is 0 Å². The first-order valence-corrected chi connectivity index (χ1v) is 7.27. The maximum Gasteiger partial charge on any atom is 0.292 e. The fraction of sp³-hybridized carbons (Fsp3) is 0.600. The van der Waals surface area contributed by atoms with E-state index in [1.165, 1.54) is 25.3 Å². The molecule has 2 fully saturated rings. The van der Waals surface area contributed by atoms with E-state index in [1.54, 1.807) is 19.1 Å². The molecule has 1 aliphatic carbocycles. The summed E-state index contributed by atoms with van der Waals surface area (Å²) in [7, 11) is 0. The Hall–Kier alpha value is -1.62. The average Bonchev–Trinajstić information content (AvgIpc) is 2.98. The largest absolute Gasteiger partial charge is 0.389 e. The molecule has 1 aliphatic heterocycles. The highest BCUT2D eigenvalue weighted by atomic mass is 16.6. The molecule has 1 aromatic rings. The minimum absolute atomic E-state index is 0.114. The number of anilines is 1. The summed E-state index contributed by atoms with van der Waals surface area (Å²) in [6, 6.07) is 5.09. The maximum atomic E-state index is 11.3. The first-order chi connectivity index (χ1) is 9.56. The summed E-state index contributed by atoms with van der Waals surface area (Å²) in [4.78, 5) is 13.1. The molecule has 5 heteroatoms. The molecule has 0 bridgehead atoms. The predicted octanol–water partition coefficient (Wildman–Crippen LogP) is 2.88. The summed E-state index contributed by atoms with van der Waals surface area (Å²) in [5, 5.41) is 20.9. The smallest absolute Gasteiger partial charge is 0.292 e. The molecule has 0 spiro atoms. The van der Waals surface area contributed by atoms with E-state index in [9.17, 15) is 15.2 Å². The number of hydrogen-bond donors (Lipinski definition) is 1. The monoisotopic (exact) mass is 276 g/mol. The highest BCUT2D eigenvalue weighted by molar-refractivity contribution is 5.65. The number of nitro groups is 1. The zero-order valence-electron chi connectivity index (χ0n) is 11.7. The van der Waals surface area contributed by atoms with Crippen molar-refractivity contribution in [2.75, 3.05) is 18.0 Å². The zero-order chi connectivity index (χ0) is 14.3. The fourth-order valence-corrected chi connectivity index (χ4v) is 3.65. The van der Waals surface area contributed by atoms with Crippen LogP contribution in [0.15, 0.2) is 18.2 Å². The summed E-state index contributed by atoms with van der Waals surface area (Å²) in [5.74, 6) is 1.40. The Bertz CT molecular complexity index is 518. The molecule has 20 heavy (non-hydrogen) atoms.